The lowest BCUT2D eigenvalue weighted by molar-refractivity contribution is -0.0458. The van der Waals surface area contributed by atoms with Crippen LogP contribution in [-0.4, -0.2) is 48.4 Å². The molecule has 1 aromatic heterocycles. The molecule has 3 atom stereocenters. The third kappa shape index (κ3) is 4.76. The van der Waals surface area contributed by atoms with Gasteiger partial charge in [0, 0.05) is 12.6 Å². The molecule has 0 aliphatic carbocycles. The molecule has 1 aliphatic rings. The van der Waals surface area contributed by atoms with Gasteiger partial charge in [-0.3, -0.25) is 10.1 Å². The van der Waals surface area contributed by atoms with Crippen LogP contribution in [0.2, 0.25) is 0 Å². The fourth-order valence-electron chi connectivity index (χ4n) is 1.70. The maximum atomic E-state index is 11.5. The average Bonchev–Trinajstić information content (AvgIpc) is 2.69. The normalized spacial score (nSPS) is 25.4. The second-order valence-corrected chi connectivity index (χ2v) is 4.62. The molecule has 0 saturated carbocycles. The summed E-state index contributed by atoms with van der Waals surface area (Å²) in [4.78, 5) is 29.9. The van der Waals surface area contributed by atoms with E-state index in [2.05, 4.69) is 10.5 Å². The summed E-state index contributed by atoms with van der Waals surface area (Å²) >= 11 is 0. The highest BCUT2D eigenvalue weighted by Crippen LogP contribution is 2.27. The van der Waals surface area contributed by atoms with Crippen LogP contribution in [0, 0.1) is 0 Å². The molecule has 0 aromatic carbocycles. The summed E-state index contributed by atoms with van der Waals surface area (Å²) in [5, 5.41) is 18.4. The molecule has 0 bridgehead atoms. The predicted molar refractivity (Wildman–Crippen MR) is 70.1 cm³/mol. The maximum absolute atomic E-state index is 11.5. The van der Waals surface area contributed by atoms with E-state index < -0.39 is 32.7 Å². The number of aliphatic hydroxyl groups is 2. The van der Waals surface area contributed by atoms with E-state index in [1.165, 1.54) is 16.8 Å². The summed E-state index contributed by atoms with van der Waals surface area (Å²) < 4.78 is 6.56. The second-order valence-electron chi connectivity index (χ2n) is 3.98. The first-order valence-electron chi connectivity index (χ1n) is 5.56. The number of anilines is 1. The first kappa shape index (κ1) is 16.9. The number of nitrogens with two attached hydrogens (primary N) is 2. The smallest absolute Gasteiger partial charge is 0.351 e. The molecule has 0 unspecified atom stereocenters. The van der Waals surface area contributed by atoms with Crippen molar-refractivity contribution in [1.29, 1.82) is 0 Å². The molecule has 0 spiro atoms. The minimum Gasteiger partial charge on any atom is -0.394 e. The van der Waals surface area contributed by atoms with E-state index in [1.807, 2.05) is 0 Å². The molecular weight excluding hydrogens is 291 g/mol. The molecule has 0 radical (unpaired) electrons. The molecule has 8 N–H and O–H groups in total. The number of nitrogens with zero attached hydrogens (tertiary/aromatic N) is 2. The summed E-state index contributed by atoms with van der Waals surface area (Å²) in [5.74, 6) is 0.138. The Morgan fingerprint density at radius 2 is 2.15 bits per heavy atom. The van der Waals surface area contributed by atoms with Crippen LogP contribution in [-0.2, 0) is 4.74 Å². The highest BCUT2D eigenvalue weighted by atomic mass is 31.2. The summed E-state index contributed by atoms with van der Waals surface area (Å²) in [7, 11) is -2.12. The van der Waals surface area contributed by atoms with Gasteiger partial charge in [-0.1, -0.05) is 0 Å². The van der Waals surface area contributed by atoms with Crippen molar-refractivity contribution in [3.8, 4) is 0 Å². The number of ether oxygens (including phenoxy) is 1. The third-order valence-corrected chi connectivity index (χ3v) is 2.55. The van der Waals surface area contributed by atoms with Gasteiger partial charge in [-0.05, 0) is 6.07 Å². The van der Waals surface area contributed by atoms with Crippen molar-refractivity contribution in [1.82, 2.24) is 9.55 Å². The molecule has 0 amide bonds. The Hall–Kier alpha value is -1.13. The number of nitrogen functional groups attached to an aromatic ring is 1. The molecule has 2 heterocycles. The lowest BCUT2D eigenvalue weighted by atomic mass is 10.2. The van der Waals surface area contributed by atoms with E-state index in [0.717, 1.165) is 0 Å². The van der Waals surface area contributed by atoms with Crippen LogP contribution in [0.4, 0.5) is 5.82 Å². The number of aliphatic hydroxyl groups excluding tert-OH is 2. The second kappa shape index (κ2) is 7.60. The van der Waals surface area contributed by atoms with Crippen LogP contribution >= 0.6 is 8.53 Å². The topological polar surface area (TPSA) is 177 Å². The van der Waals surface area contributed by atoms with Gasteiger partial charge >= 0.3 is 5.69 Å². The van der Waals surface area contributed by atoms with Crippen molar-refractivity contribution in [3.05, 3.63) is 22.7 Å². The summed E-state index contributed by atoms with van der Waals surface area (Å²) in [6, 6.07) is 1.48. The van der Waals surface area contributed by atoms with Crippen LogP contribution in [0.5, 0.6) is 0 Å². The minimum absolute atomic E-state index is 0.138. The molecule has 1 aliphatic heterocycles. The van der Waals surface area contributed by atoms with Crippen molar-refractivity contribution < 1.29 is 24.7 Å². The highest BCUT2D eigenvalue weighted by Gasteiger charge is 2.34. The number of hydrogen-bond acceptors (Lipinski definition) is 9. The number of rotatable bonds is 2. The Balaban J connectivity index is 0.000000444. The van der Waals surface area contributed by atoms with Crippen molar-refractivity contribution in [3.63, 3.8) is 0 Å². The van der Waals surface area contributed by atoms with E-state index in [9.17, 15) is 9.90 Å². The summed E-state index contributed by atoms with van der Waals surface area (Å²) in [6.07, 6.45) is -0.333. The van der Waals surface area contributed by atoms with Crippen molar-refractivity contribution >= 4 is 14.3 Å². The van der Waals surface area contributed by atoms with Crippen molar-refractivity contribution in [2.45, 2.75) is 24.9 Å². The molecule has 114 valence electrons. The van der Waals surface area contributed by atoms with Crippen molar-refractivity contribution in [2.24, 2.45) is 5.50 Å². The van der Waals surface area contributed by atoms with Gasteiger partial charge in [0.25, 0.3) is 0 Å². The van der Waals surface area contributed by atoms with Crippen LogP contribution in [0.3, 0.4) is 0 Å². The summed E-state index contributed by atoms with van der Waals surface area (Å²) in [6.45, 7) is -0.283. The Bertz CT molecular complexity index is 481. The number of hydrogen-bond donors (Lipinski definition) is 6. The summed E-state index contributed by atoms with van der Waals surface area (Å²) in [5.41, 5.74) is 9.11. The maximum Gasteiger partial charge on any atom is 0.351 e. The highest BCUT2D eigenvalue weighted by molar-refractivity contribution is 7.42. The van der Waals surface area contributed by atoms with Gasteiger partial charge in [-0.15, -0.1) is 0 Å². The first-order chi connectivity index (χ1) is 9.35. The van der Waals surface area contributed by atoms with Gasteiger partial charge < -0.3 is 30.5 Å². The van der Waals surface area contributed by atoms with E-state index >= 15 is 0 Å². The Morgan fingerprint density at radius 1 is 1.55 bits per heavy atom. The van der Waals surface area contributed by atoms with Crippen LogP contribution in [0.1, 0.15) is 12.6 Å². The lowest BCUT2D eigenvalue weighted by Crippen LogP contribution is -2.27. The van der Waals surface area contributed by atoms with Crippen LogP contribution < -0.4 is 16.9 Å². The third-order valence-electron chi connectivity index (χ3n) is 2.55. The van der Waals surface area contributed by atoms with Gasteiger partial charge in [0.05, 0.1) is 12.7 Å². The lowest BCUT2D eigenvalue weighted by Gasteiger charge is -2.13. The fourth-order valence-corrected chi connectivity index (χ4v) is 1.70. The van der Waals surface area contributed by atoms with Crippen LogP contribution in [0.25, 0.3) is 0 Å². The van der Waals surface area contributed by atoms with Gasteiger partial charge in [-0.25, -0.2) is 4.79 Å². The molecule has 11 heteroatoms. The Morgan fingerprint density at radius 3 is 2.60 bits per heavy atom. The molecule has 1 fully saturated rings. The fraction of sp³-hybridized carbons (Fsp3) is 0.556. The van der Waals surface area contributed by atoms with Gasteiger partial charge in [-0.2, -0.15) is 4.98 Å². The molecule has 1 aromatic rings. The van der Waals surface area contributed by atoms with Gasteiger partial charge in [0.1, 0.15) is 18.1 Å². The van der Waals surface area contributed by atoms with Gasteiger partial charge in [0.15, 0.2) is 0 Å². The average molecular weight is 308 g/mol. The Kier molecular flexibility index (Phi) is 6.43. The minimum atomic E-state index is -2.12. The zero-order valence-corrected chi connectivity index (χ0v) is 11.3. The molecule has 20 heavy (non-hydrogen) atoms. The molecule has 1 saturated heterocycles. The quantitative estimate of drug-likeness (QED) is 0.325. The van der Waals surface area contributed by atoms with Crippen LogP contribution in [0.15, 0.2) is 17.1 Å². The van der Waals surface area contributed by atoms with E-state index in [1.54, 1.807) is 0 Å². The molecule has 10 nitrogen and oxygen atoms in total. The number of aromatic nitrogens is 2. The standard InChI is InChI=1S/C9H13N3O4.H4NO2P/c10-7-1-2-12(9(15)11-7)8-3-5(14)6(4-13)16-8;1-4(2)3/h1-2,5-6,8,13-14H,3-4H2,(H2,10,11,15);2-3H,1H2/t5-,6+,8+;/m0./s1. The van der Waals surface area contributed by atoms with Crippen molar-refractivity contribution in [2.75, 3.05) is 12.3 Å². The first-order valence-corrected chi connectivity index (χ1v) is 6.88. The SMILES string of the molecule is NP(O)O.Nc1ccn([C@H]2C[C@H](O)[C@@H](CO)O2)c(=O)n1. The zero-order chi connectivity index (χ0) is 15.3. The monoisotopic (exact) mass is 308 g/mol. The zero-order valence-electron chi connectivity index (χ0n) is 10.4. The molecule has 2 rings (SSSR count). The van der Waals surface area contributed by atoms with E-state index in [0.29, 0.717) is 0 Å². The predicted octanol–water partition coefficient (Wildman–Crippen LogP) is -2.38. The molecular formula is C9H17N4O6P. The van der Waals surface area contributed by atoms with E-state index in [4.69, 9.17) is 25.4 Å². The van der Waals surface area contributed by atoms with E-state index in [-0.39, 0.29) is 18.8 Å². The Labute approximate surface area is 115 Å². The van der Waals surface area contributed by atoms with Gasteiger partial charge in [0.2, 0.25) is 8.53 Å². The largest absolute Gasteiger partial charge is 0.394 e.